The van der Waals surface area contributed by atoms with Crippen molar-refractivity contribution in [1.29, 1.82) is 0 Å². The van der Waals surface area contributed by atoms with E-state index >= 15 is 0 Å². The Kier molecular flexibility index (Phi) is 4.46. The molecule has 0 aliphatic carbocycles. The first-order valence-corrected chi connectivity index (χ1v) is 6.57. The van der Waals surface area contributed by atoms with E-state index in [-0.39, 0.29) is 11.6 Å². The molecule has 0 spiro atoms. The zero-order valence-electron chi connectivity index (χ0n) is 10.6. The number of hydrogen-bond donors (Lipinski definition) is 3. The Balaban J connectivity index is 2.13. The van der Waals surface area contributed by atoms with Gasteiger partial charge in [-0.15, -0.1) is 0 Å². The van der Waals surface area contributed by atoms with E-state index in [9.17, 15) is 19.8 Å². The lowest BCUT2D eigenvalue weighted by Crippen LogP contribution is -2.43. The molecule has 0 aromatic heterocycles. The SMILES string of the molecule is O=C(O)[C@H](NC(=O)N1CCC(O)C1)c1ccccc1Cl. The van der Waals surface area contributed by atoms with Crippen molar-refractivity contribution in [2.75, 3.05) is 13.1 Å². The van der Waals surface area contributed by atoms with E-state index in [4.69, 9.17) is 11.6 Å². The van der Waals surface area contributed by atoms with Gasteiger partial charge in [0.25, 0.3) is 0 Å². The second kappa shape index (κ2) is 6.11. The van der Waals surface area contributed by atoms with Crippen LogP contribution in [-0.4, -0.2) is 46.3 Å². The number of nitrogens with zero attached hydrogens (tertiary/aromatic N) is 1. The summed E-state index contributed by atoms with van der Waals surface area (Å²) in [4.78, 5) is 24.7. The van der Waals surface area contributed by atoms with Gasteiger partial charge in [-0.2, -0.15) is 0 Å². The quantitative estimate of drug-likeness (QED) is 0.783. The summed E-state index contributed by atoms with van der Waals surface area (Å²) in [6.07, 6.45) is -0.0543. The van der Waals surface area contributed by atoms with Crippen LogP contribution in [0.2, 0.25) is 5.02 Å². The summed E-state index contributed by atoms with van der Waals surface area (Å²) >= 11 is 5.96. The first-order chi connectivity index (χ1) is 9.49. The topological polar surface area (TPSA) is 89.9 Å². The van der Waals surface area contributed by atoms with Crippen LogP contribution in [0.3, 0.4) is 0 Å². The van der Waals surface area contributed by atoms with Crippen molar-refractivity contribution in [3.63, 3.8) is 0 Å². The minimum Gasteiger partial charge on any atom is -0.479 e. The number of benzene rings is 1. The fraction of sp³-hybridized carbons (Fsp3) is 0.385. The molecule has 2 rings (SSSR count). The summed E-state index contributed by atoms with van der Waals surface area (Å²) < 4.78 is 0. The molecule has 1 heterocycles. The molecule has 7 heteroatoms. The Hall–Kier alpha value is -1.79. The maximum Gasteiger partial charge on any atom is 0.331 e. The minimum atomic E-state index is -1.21. The summed E-state index contributed by atoms with van der Waals surface area (Å²) in [5, 5.41) is 21.4. The van der Waals surface area contributed by atoms with E-state index in [2.05, 4.69) is 5.32 Å². The molecule has 2 amide bonds. The van der Waals surface area contributed by atoms with Crippen LogP contribution in [0.5, 0.6) is 0 Å². The highest BCUT2D eigenvalue weighted by molar-refractivity contribution is 6.31. The number of carbonyl (C=O) groups is 2. The average Bonchev–Trinajstić information content (AvgIpc) is 2.83. The fourth-order valence-electron chi connectivity index (χ4n) is 2.12. The summed E-state index contributed by atoms with van der Waals surface area (Å²) in [6.45, 7) is 0.614. The van der Waals surface area contributed by atoms with Crippen LogP contribution in [0, 0.1) is 0 Å². The van der Waals surface area contributed by atoms with Crippen molar-refractivity contribution >= 4 is 23.6 Å². The van der Waals surface area contributed by atoms with Crippen molar-refractivity contribution in [2.24, 2.45) is 0 Å². The molecule has 3 N–H and O–H groups in total. The van der Waals surface area contributed by atoms with Crippen molar-refractivity contribution in [3.05, 3.63) is 34.9 Å². The van der Waals surface area contributed by atoms with Gasteiger partial charge in [0.2, 0.25) is 0 Å². The van der Waals surface area contributed by atoms with Gasteiger partial charge in [0.05, 0.1) is 6.10 Å². The molecule has 1 saturated heterocycles. The third kappa shape index (κ3) is 3.20. The van der Waals surface area contributed by atoms with Crippen molar-refractivity contribution in [3.8, 4) is 0 Å². The van der Waals surface area contributed by atoms with Crippen LogP contribution in [0.4, 0.5) is 4.79 Å². The second-order valence-electron chi connectivity index (χ2n) is 4.63. The van der Waals surface area contributed by atoms with E-state index in [1.54, 1.807) is 24.3 Å². The maximum absolute atomic E-state index is 12.0. The molecule has 2 atom stereocenters. The number of carboxylic acid groups (broad SMARTS) is 1. The van der Waals surface area contributed by atoms with Gasteiger partial charge in [-0.05, 0) is 12.5 Å². The van der Waals surface area contributed by atoms with Gasteiger partial charge in [0.1, 0.15) is 0 Å². The molecule has 6 nitrogen and oxygen atoms in total. The molecule has 0 radical (unpaired) electrons. The van der Waals surface area contributed by atoms with Crippen LogP contribution >= 0.6 is 11.6 Å². The average molecular weight is 299 g/mol. The van der Waals surface area contributed by atoms with Gasteiger partial charge in [-0.25, -0.2) is 9.59 Å². The van der Waals surface area contributed by atoms with Gasteiger partial charge in [0.15, 0.2) is 6.04 Å². The third-order valence-corrected chi connectivity index (χ3v) is 3.53. The van der Waals surface area contributed by atoms with E-state index in [0.29, 0.717) is 18.5 Å². The monoisotopic (exact) mass is 298 g/mol. The maximum atomic E-state index is 12.0. The first kappa shape index (κ1) is 14.6. The zero-order valence-corrected chi connectivity index (χ0v) is 11.4. The largest absolute Gasteiger partial charge is 0.479 e. The molecule has 20 heavy (non-hydrogen) atoms. The third-order valence-electron chi connectivity index (χ3n) is 3.18. The smallest absolute Gasteiger partial charge is 0.331 e. The van der Waals surface area contributed by atoms with E-state index < -0.39 is 24.1 Å². The Labute approximate surface area is 121 Å². The van der Waals surface area contributed by atoms with Crippen molar-refractivity contribution in [1.82, 2.24) is 10.2 Å². The van der Waals surface area contributed by atoms with Crippen LogP contribution in [0.15, 0.2) is 24.3 Å². The number of amides is 2. The molecule has 1 aromatic rings. The number of rotatable bonds is 3. The Morgan fingerprint density at radius 2 is 2.10 bits per heavy atom. The van der Waals surface area contributed by atoms with Gasteiger partial charge >= 0.3 is 12.0 Å². The number of urea groups is 1. The number of aliphatic hydroxyl groups is 1. The number of aliphatic carboxylic acids is 1. The van der Waals surface area contributed by atoms with E-state index in [1.807, 2.05) is 0 Å². The lowest BCUT2D eigenvalue weighted by atomic mass is 10.1. The second-order valence-corrected chi connectivity index (χ2v) is 5.04. The number of β-amino-alcohol motifs (C(OH)–C–C–N with tert-alkyl or cyclic N) is 1. The van der Waals surface area contributed by atoms with Gasteiger partial charge in [0, 0.05) is 23.7 Å². The highest BCUT2D eigenvalue weighted by atomic mass is 35.5. The molecular weight excluding hydrogens is 284 g/mol. The molecule has 0 bridgehead atoms. The highest BCUT2D eigenvalue weighted by Gasteiger charge is 2.29. The molecule has 1 aromatic carbocycles. The van der Waals surface area contributed by atoms with Gasteiger partial charge < -0.3 is 20.4 Å². The lowest BCUT2D eigenvalue weighted by molar-refractivity contribution is -0.139. The number of halogens is 1. The molecule has 1 aliphatic rings. The van der Waals surface area contributed by atoms with Crippen LogP contribution in [-0.2, 0) is 4.79 Å². The minimum absolute atomic E-state index is 0.209. The fourth-order valence-corrected chi connectivity index (χ4v) is 2.37. The summed E-state index contributed by atoms with van der Waals surface area (Å²) in [5.74, 6) is -1.19. The summed E-state index contributed by atoms with van der Waals surface area (Å²) in [5.41, 5.74) is 0.328. The standard InChI is InChI=1S/C13H15ClN2O4/c14-10-4-2-1-3-9(10)11(12(18)19)15-13(20)16-6-5-8(17)7-16/h1-4,8,11,17H,5-7H2,(H,15,20)(H,18,19)/t8?,11-/m1/s1. The number of nitrogens with one attached hydrogen (secondary N) is 1. The number of aliphatic hydroxyl groups excluding tert-OH is 1. The van der Waals surface area contributed by atoms with Crippen LogP contribution in [0.25, 0.3) is 0 Å². The number of carbonyl (C=O) groups excluding carboxylic acids is 1. The van der Waals surface area contributed by atoms with Gasteiger partial charge in [-0.1, -0.05) is 29.8 Å². The lowest BCUT2D eigenvalue weighted by Gasteiger charge is -2.21. The molecule has 108 valence electrons. The first-order valence-electron chi connectivity index (χ1n) is 6.19. The van der Waals surface area contributed by atoms with Gasteiger partial charge in [-0.3, -0.25) is 0 Å². The molecule has 1 fully saturated rings. The van der Waals surface area contributed by atoms with Crippen molar-refractivity contribution < 1.29 is 19.8 Å². The van der Waals surface area contributed by atoms with E-state index in [1.165, 1.54) is 4.90 Å². The van der Waals surface area contributed by atoms with E-state index in [0.717, 1.165) is 0 Å². The molecular formula is C13H15ClN2O4. The highest BCUT2D eigenvalue weighted by Crippen LogP contribution is 2.23. The predicted octanol–water partition coefficient (Wildman–Crippen LogP) is 1.24. The zero-order chi connectivity index (χ0) is 14.7. The number of hydrogen-bond acceptors (Lipinski definition) is 3. The summed E-state index contributed by atoms with van der Waals surface area (Å²) in [7, 11) is 0. The number of likely N-dealkylation sites (tertiary alicyclic amines) is 1. The molecule has 1 unspecified atom stereocenters. The van der Waals surface area contributed by atoms with Crippen molar-refractivity contribution in [2.45, 2.75) is 18.6 Å². The molecule has 0 saturated carbocycles. The Morgan fingerprint density at radius 3 is 2.65 bits per heavy atom. The molecule has 1 aliphatic heterocycles. The number of carboxylic acids is 1. The van der Waals surface area contributed by atoms with Crippen LogP contribution in [0.1, 0.15) is 18.0 Å². The Morgan fingerprint density at radius 1 is 1.40 bits per heavy atom. The normalized spacial score (nSPS) is 19.7. The predicted molar refractivity (Wildman–Crippen MR) is 72.6 cm³/mol. The summed E-state index contributed by atoms with van der Waals surface area (Å²) in [6, 6.07) is 4.73. The van der Waals surface area contributed by atoms with Crippen LogP contribution < -0.4 is 5.32 Å². The Bertz CT molecular complexity index is 523.